The van der Waals surface area contributed by atoms with Crippen LogP contribution in [-0.4, -0.2) is 11.8 Å². The first-order valence-electron chi connectivity index (χ1n) is 7.18. The maximum atomic E-state index is 11.9. The Morgan fingerprint density at radius 1 is 0.955 bits per heavy atom. The van der Waals surface area contributed by atoms with Gasteiger partial charge in [0.05, 0.1) is 0 Å². The fourth-order valence-electron chi connectivity index (χ4n) is 2.15. The van der Waals surface area contributed by atoms with Crippen molar-refractivity contribution in [1.82, 2.24) is 5.32 Å². The van der Waals surface area contributed by atoms with Gasteiger partial charge in [-0.25, -0.2) is 0 Å². The number of carbonyl (C=O) groups excluding carboxylic acids is 2. The molecule has 0 aromatic heterocycles. The van der Waals surface area contributed by atoms with Gasteiger partial charge in [-0.2, -0.15) is 0 Å². The molecule has 0 aliphatic heterocycles. The molecule has 0 aliphatic carbocycles. The highest BCUT2D eigenvalue weighted by Gasteiger charge is 2.14. The monoisotopic (exact) mass is 296 g/mol. The van der Waals surface area contributed by atoms with Crippen LogP contribution >= 0.6 is 0 Å². The van der Waals surface area contributed by atoms with Gasteiger partial charge in [0.25, 0.3) is 0 Å². The van der Waals surface area contributed by atoms with Gasteiger partial charge in [0.2, 0.25) is 0 Å². The molecule has 2 N–H and O–H groups in total. The van der Waals surface area contributed by atoms with E-state index >= 15 is 0 Å². The number of carbonyl (C=O) groups is 2. The summed E-state index contributed by atoms with van der Waals surface area (Å²) in [5, 5.41) is 5.28. The Morgan fingerprint density at radius 2 is 1.68 bits per heavy atom. The average molecular weight is 296 g/mol. The fraction of sp³-hybridized carbons (Fsp3) is 0.222. The summed E-state index contributed by atoms with van der Waals surface area (Å²) in [5.41, 5.74) is 4.77. The maximum absolute atomic E-state index is 11.9. The molecule has 22 heavy (non-hydrogen) atoms. The second kappa shape index (κ2) is 6.89. The van der Waals surface area contributed by atoms with E-state index in [0.29, 0.717) is 12.2 Å². The SMILES string of the molecule is Cc1cccc(CNC(=O)C(=O)Nc2cccc(C)c2C)c1. The predicted octanol–water partition coefficient (Wildman–Crippen LogP) is 2.87. The molecule has 2 rings (SSSR count). The molecule has 2 aromatic rings. The van der Waals surface area contributed by atoms with Crippen molar-refractivity contribution in [2.24, 2.45) is 0 Å². The number of anilines is 1. The Bertz CT molecular complexity index is 708. The summed E-state index contributed by atoms with van der Waals surface area (Å²) in [6.07, 6.45) is 0. The van der Waals surface area contributed by atoms with Gasteiger partial charge in [0.1, 0.15) is 0 Å². The van der Waals surface area contributed by atoms with Gasteiger partial charge in [0, 0.05) is 12.2 Å². The molecule has 2 amide bonds. The number of aryl methyl sites for hydroxylation is 2. The average Bonchev–Trinajstić information content (AvgIpc) is 2.49. The number of amides is 2. The highest BCUT2D eigenvalue weighted by molar-refractivity contribution is 6.39. The van der Waals surface area contributed by atoms with E-state index in [1.54, 1.807) is 6.07 Å². The van der Waals surface area contributed by atoms with E-state index in [0.717, 1.165) is 22.3 Å². The summed E-state index contributed by atoms with van der Waals surface area (Å²) >= 11 is 0. The molecule has 4 nitrogen and oxygen atoms in total. The van der Waals surface area contributed by atoms with Crippen LogP contribution in [0.15, 0.2) is 42.5 Å². The quantitative estimate of drug-likeness (QED) is 0.856. The molecule has 0 bridgehead atoms. The lowest BCUT2D eigenvalue weighted by molar-refractivity contribution is -0.136. The molecule has 0 atom stereocenters. The van der Waals surface area contributed by atoms with Crippen LogP contribution in [0.1, 0.15) is 22.3 Å². The first-order chi connectivity index (χ1) is 10.5. The predicted molar refractivity (Wildman–Crippen MR) is 87.6 cm³/mol. The largest absolute Gasteiger partial charge is 0.344 e. The van der Waals surface area contributed by atoms with Crippen LogP contribution < -0.4 is 10.6 Å². The van der Waals surface area contributed by atoms with Crippen molar-refractivity contribution in [1.29, 1.82) is 0 Å². The maximum Gasteiger partial charge on any atom is 0.313 e. The molecule has 2 aromatic carbocycles. The standard InChI is InChI=1S/C18H20N2O2/c1-12-6-4-8-15(10-12)11-19-17(21)18(22)20-16-9-5-7-13(2)14(16)3/h4-10H,11H2,1-3H3,(H,19,21)(H,20,22). The molecule has 0 fully saturated rings. The van der Waals surface area contributed by atoms with E-state index in [2.05, 4.69) is 10.6 Å². The van der Waals surface area contributed by atoms with Crippen molar-refractivity contribution < 1.29 is 9.59 Å². The van der Waals surface area contributed by atoms with Gasteiger partial charge in [0.15, 0.2) is 0 Å². The number of hydrogen-bond donors (Lipinski definition) is 2. The Hall–Kier alpha value is -2.62. The zero-order valence-electron chi connectivity index (χ0n) is 13.1. The summed E-state index contributed by atoms with van der Waals surface area (Å²) in [5.74, 6) is -1.29. The van der Waals surface area contributed by atoms with Crippen LogP contribution in [-0.2, 0) is 16.1 Å². The fourth-order valence-corrected chi connectivity index (χ4v) is 2.15. The Morgan fingerprint density at radius 3 is 2.41 bits per heavy atom. The minimum Gasteiger partial charge on any atom is -0.344 e. The van der Waals surface area contributed by atoms with Crippen molar-refractivity contribution in [2.45, 2.75) is 27.3 Å². The van der Waals surface area contributed by atoms with Gasteiger partial charge in [-0.1, -0.05) is 42.0 Å². The highest BCUT2D eigenvalue weighted by Crippen LogP contribution is 2.17. The van der Waals surface area contributed by atoms with Crippen molar-refractivity contribution in [3.8, 4) is 0 Å². The molecule has 0 heterocycles. The first-order valence-corrected chi connectivity index (χ1v) is 7.18. The van der Waals surface area contributed by atoms with E-state index in [1.807, 2.05) is 57.2 Å². The molecule has 0 aliphatic rings. The molecular weight excluding hydrogens is 276 g/mol. The third-order valence-electron chi connectivity index (χ3n) is 3.59. The normalized spacial score (nSPS) is 10.1. The molecule has 0 radical (unpaired) electrons. The summed E-state index contributed by atoms with van der Waals surface area (Å²) in [6, 6.07) is 13.4. The number of rotatable bonds is 3. The Kier molecular flexibility index (Phi) is 4.94. The van der Waals surface area contributed by atoms with E-state index in [1.165, 1.54) is 0 Å². The molecular formula is C18H20N2O2. The van der Waals surface area contributed by atoms with Crippen LogP contribution in [0.4, 0.5) is 5.69 Å². The molecule has 4 heteroatoms. The van der Waals surface area contributed by atoms with E-state index in [9.17, 15) is 9.59 Å². The van der Waals surface area contributed by atoms with Crippen LogP contribution in [0.25, 0.3) is 0 Å². The van der Waals surface area contributed by atoms with Gasteiger partial charge < -0.3 is 10.6 Å². The molecule has 0 saturated heterocycles. The van der Waals surface area contributed by atoms with Gasteiger partial charge in [-0.05, 0) is 43.5 Å². The second-order valence-electron chi connectivity index (χ2n) is 5.37. The summed E-state index contributed by atoms with van der Waals surface area (Å²) in [4.78, 5) is 23.8. The summed E-state index contributed by atoms with van der Waals surface area (Å²) in [6.45, 7) is 6.19. The van der Waals surface area contributed by atoms with Crippen LogP contribution in [0.5, 0.6) is 0 Å². The number of nitrogens with one attached hydrogen (secondary N) is 2. The smallest absolute Gasteiger partial charge is 0.313 e. The lowest BCUT2D eigenvalue weighted by Crippen LogP contribution is -2.35. The van der Waals surface area contributed by atoms with Crippen molar-refractivity contribution >= 4 is 17.5 Å². The number of hydrogen-bond acceptors (Lipinski definition) is 2. The van der Waals surface area contributed by atoms with Crippen molar-refractivity contribution in [2.75, 3.05) is 5.32 Å². The van der Waals surface area contributed by atoms with Crippen LogP contribution in [0.2, 0.25) is 0 Å². The first kappa shape index (κ1) is 15.8. The minimum atomic E-state index is -0.652. The van der Waals surface area contributed by atoms with Gasteiger partial charge in [-0.3, -0.25) is 9.59 Å². The van der Waals surface area contributed by atoms with Crippen LogP contribution in [0, 0.1) is 20.8 Å². The molecule has 0 saturated carbocycles. The van der Waals surface area contributed by atoms with Crippen molar-refractivity contribution in [3.63, 3.8) is 0 Å². The highest BCUT2D eigenvalue weighted by atomic mass is 16.2. The Balaban J connectivity index is 1.95. The number of benzene rings is 2. The van der Waals surface area contributed by atoms with E-state index in [-0.39, 0.29) is 0 Å². The van der Waals surface area contributed by atoms with Crippen LogP contribution in [0.3, 0.4) is 0 Å². The third kappa shape index (κ3) is 3.95. The van der Waals surface area contributed by atoms with E-state index < -0.39 is 11.8 Å². The third-order valence-corrected chi connectivity index (χ3v) is 3.59. The van der Waals surface area contributed by atoms with Gasteiger partial charge >= 0.3 is 11.8 Å². The zero-order chi connectivity index (χ0) is 16.1. The molecule has 0 unspecified atom stereocenters. The lowest BCUT2D eigenvalue weighted by atomic mass is 10.1. The van der Waals surface area contributed by atoms with Crippen molar-refractivity contribution in [3.05, 3.63) is 64.7 Å². The summed E-state index contributed by atoms with van der Waals surface area (Å²) < 4.78 is 0. The topological polar surface area (TPSA) is 58.2 Å². The van der Waals surface area contributed by atoms with Gasteiger partial charge in [-0.15, -0.1) is 0 Å². The second-order valence-corrected chi connectivity index (χ2v) is 5.37. The summed E-state index contributed by atoms with van der Waals surface area (Å²) in [7, 11) is 0. The minimum absolute atomic E-state index is 0.334. The zero-order valence-corrected chi connectivity index (χ0v) is 13.1. The lowest BCUT2D eigenvalue weighted by Gasteiger charge is -2.10. The molecule has 114 valence electrons. The van der Waals surface area contributed by atoms with E-state index in [4.69, 9.17) is 0 Å². The Labute approximate surface area is 130 Å². The molecule has 0 spiro atoms.